The standard InChI is InChI=1S/C20H25N/c1-4-14(5-2)20(21-3)17-11-10-16-12-15-8-6-7-9-18(15)19(16)13-17/h6-11,13-14,20-21H,4-5,12H2,1-3H3. The van der Waals surface area contributed by atoms with Crippen molar-refractivity contribution in [3.05, 3.63) is 59.2 Å². The zero-order valence-electron chi connectivity index (χ0n) is 13.3. The van der Waals surface area contributed by atoms with Gasteiger partial charge in [-0.2, -0.15) is 0 Å². The Hall–Kier alpha value is -1.60. The van der Waals surface area contributed by atoms with Crippen LogP contribution in [-0.4, -0.2) is 7.05 Å². The van der Waals surface area contributed by atoms with Crippen molar-refractivity contribution in [3.63, 3.8) is 0 Å². The molecule has 1 N–H and O–H groups in total. The molecule has 0 radical (unpaired) electrons. The van der Waals surface area contributed by atoms with Gasteiger partial charge < -0.3 is 5.32 Å². The van der Waals surface area contributed by atoms with Crippen LogP contribution >= 0.6 is 0 Å². The van der Waals surface area contributed by atoms with Crippen LogP contribution in [-0.2, 0) is 6.42 Å². The molecule has 0 aromatic heterocycles. The van der Waals surface area contributed by atoms with Gasteiger partial charge >= 0.3 is 0 Å². The van der Waals surface area contributed by atoms with Gasteiger partial charge in [0, 0.05) is 6.04 Å². The van der Waals surface area contributed by atoms with Crippen molar-refractivity contribution in [2.75, 3.05) is 7.05 Å². The van der Waals surface area contributed by atoms with Crippen molar-refractivity contribution in [1.82, 2.24) is 5.32 Å². The van der Waals surface area contributed by atoms with Gasteiger partial charge in [0.2, 0.25) is 0 Å². The highest BCUT2D eigenvalue weighted by Gasteiger charge is 2.22. The van der Waals surface area contributed by atoms with E-state index < -0.39 is 0 Å². The van der Waals surface area contributed by atoms with Crippen LogP contribution in [0.4, 0.5) is 0 Å². The monoisotopic (exact) mass is 279 g/mol. The van der Waals surface area contributed by atoms with Crippen molar-refractivity contribution in [3.8, 4) is 11.1 Å². The van der Waals surface area contributed by atoms with Crippen molar-refractivity contribution < 1.29 is 0 Å². The molecule has 0 aliphatic heterocycles. The Morgan fingerprint density at radius 3 is 2.38 bits per heavy atom. The number of rotatable bonds is 5. The summed E-state index contributed by atoms with van der Waals surface area (Å²) in [5, 5.41) is 3.54. The Balaban J connectivity index is 2.01. The highest BCUT2D eigenvalue weighted by Crippen LogP contribution is 2.39. The van der Waals surface area contributed by atoms with E-state index in [9.17, 15) is 0 Å². The number of benzene rings is 2. The fourth-order valence-electron chi connectivity index (χ4n) is 3.77. The molecule has 21 heavy (non-hydrogen) atoms. The largest absolute Gasteiger partial charge is 0.313 e. The molecule has 0 bridgehead atoms. The van der Waals surface area contributed by atoms with Crippen molar-refractivity contribution in [1.29, 1.82) is 0 Å². The van der Waals surface area contributed by atoms with E-state index in [4.69, 9.17) is 0 Å². The summed E-state index contributed by atoms with van der Waals surface area (Å²) in [5.41, 5.74) is 7.23. The molecular weight excluding hydrogens is 254 g/mol. The first-order valence-electron chi connectivity index (χ1n) is 8.16. The molecule has 1 atom stereocenters. The minimum atomic E-state index is 0.457. The van der Waals surface area contributed by atoms with Crippen LogP contribution in [0.1, 0.15) is 49.4 Å². The minimum Gasteiger partial charge on any atom is -0.313 e. The van der Waals surface area contributed by atoms with Gasteiger partial charge in [0.25, 0.3) is 0 Å². The summed E-state index contributed by atoms with van der Waals surface area (Å²) in [6, 6.07) is 16.3. The molecule has 0 spiro atoms. The summed E-state index contributed by atoms with van der Waals surface area (Å²) < 4.78 is 0. The molecule has 0 amide bonds. The normalized spacial score (nSPS) is 14.1. The highest BCUT2D eigenvalue weighted by atomic mass is 14.9. The Kier molecular flexibility index (Phi) is 4.12. The van der Waals surface area contributed by atoms with Crippen LogP contribution in [0.5, 0.6) is 0 Å². The molecule has 110 valence electrons. The lowest BCUT2D eigenvalue weighted by atomic mass is 9.87. The molecule has 2 aromatic rings. The summed E-state index contributed by atoms with van der Waals surface area (Å²) in [5.74, 6) is 0.699. The maximum absolute atomic E-state index is 3.54. The van der Waals surface area contributed by atoms with Gasteiger partial charge in [-0.05, 0) is 53.3 Å². The molecule has 1 heteroatoms. The molecule has 3 rings (SSSR count). The lowest BCUT2D eigenvalue weighted by Gasteiger charge is -2.26. The second-order valence-corrected chi connectivity index (χ2v) is 6.09. The molecule has 0 saturated carbocycles. The van der Waals surface area contributed by atoms with Crippen LogP contribution in [0.15, 0.2) is 42.5 Å². The van der Waals surface area contributed by atoms with E-state index in [1.165, 1.54) is 40.7 Å². The fourth-order valence-corrected chi connectivity index (χ4v) is 3.77. The van der Waals surface area contributed by atoms with Gasteiger partial charge in [-0.3, -0.25) is 0 Å². The third kappa shape index (κ3) is 2.51. The van der Waals surface area contributed by atoms with E-state index in [2.05, 4.69) is 68.7 Å². The van der Waals surface area contributed by atoms with Crippen LogP contribution < -0.4 is 5.32 Å². The Labute approximate surface area is 128 Å². The lowest BCUT2D eigenvalue weighted by Crippen LogP contribution is -2.24. The summed E-state index contributed by atoms with van der Waals surface area (Å²) in [6.07, 6.45) is 3.52. The molecule has 1 nitrogen and oxygen atoms in total. The minimum absolute atomic E-state index is 0.457. The van der Waals surface area contributed by atoms with E-state index >= 15 is 0 Å². The van der Waals surface area contributed by atoms with Gasteiger partial charge in [-0.15, -0.1) is 0 Å². The van der Waals surface area contributed by atoms with Gasteiger partial charge in [-0.1, -0.05) is 63.1 Å². The first-order chi connectivity index (χ1) is 10.3. The Morgan fingerprint density at radius 2 is 1.67 bits per heavy atom. The SMILES string of the molecule is CCC(CC)C(NC)c1ccc2c(c1)-c1ccccc1C2. The molecule has 1 unspecified atom stereocenters. The molecular formula is C20H25N. The maximum atomic E-state index is 3.54. The lowest BCUT2D eigenvalue weighted by molar-refractivity contribution is 0.359. The molecule has 0 fully saturated rings. The van der Waals surface area contributed by atoms with Crippen molar-refractivity contribution in [2.45, 2.75) is 39.2 Å². The van der Waals surface area contributed by atoms with Crippen LogP contribution in [0.3, 0.4) is 0 Å². The van der Waals surface area contributed by atoms with Gasteiger partial charge in [0.15, 0.2) is 0 Å². The van der Waals surface area contributed by atoms with Crippen LogP contribution in [0.25, 0.3) is 11.1 Å². The first kappa shape index (κ1) is 14.3. The molecule has 0 saturated heterocycles. The zero-order valence-corrected chi connectivity index (χ0v) is 13.3. The Bertz CT molecular complexity index is 625. The van der Waals surface area contributed by atoms with E-state index in [-0.39, 0.29) is 0 Å². The summed E-state index contributed by atoms with van der Waals surface area (Å²) >= 11 is 0. The van der Waals surface area contributed by atoms with E-state index in [1.54, 1.807) is 0 Å². The number of hydrogen-bond acceptors (Lipinski definition) is 1. The zero-order chi connectivity index (χ0) is 14.8. The van der Waals surface area contributed by atoms with Crippen LogP contribution in [0.2, 0.25) is 0 Å². The molecule has 1 aliphatic carbocycles. The van der Waals surface area contributed by atoms with Crippen molar-refractivity contribution >= 4 is 0 Å². The topological polar surface area (TPSA) is 12.0 Å². The second-order valence-electron chi connectivity index (χ2n) is 6.09. The quantitative estimate of drug-likeness (QED) is 0.696. The van der Waals surface area contributed by atoms with E-state index in [1.807, 2.05) is 0 Å². The second kappa shape index (κ2) is 6.03. The summed E-state index contributed by atoms with van der Waals surface area (Å²) in [7, 11) is 2.09. The predicted octanol–water partition coefficient (Wildman–Crippen LogP) is 4.95. The summed E-state index contributed by atoms with van der Waals surface area (Å²) in [4.78, 5) is 0. The maximum Gasteiger partial charge on any atom is 0.0346 e. The summed E-state index contributed by atoms with van der Waals surface area (Å²) in [6.45, 7) is 4.59. The van der Waals surface area contributed by atoms with Gasteiger partial charge in [0.05, 0.1) is 0 Å². The molecule has 0 heterocycles. The molecule has 2 aromatic carbocycles. The third-order valence-electron chi connectivity index (χ3n) is 5.01. The third-order valence-corrected chi connectivity index (χ3v) is 5.01. The smallest absolute Gasteiger partial charge is 0.0346 e. The van der Waals surface area contributed by atoms with Crippen molar-refractivity contribution in [2.24, 2.45) is 5.92 Å². The predicted molar refractivity (Wildman–Crippen MR) is 90.6 cm³/mol. The first-order valence-corrected chi connectivity index (χ1v) is 8.16. The van der Waals surface area contributed by atoms with Gasteiger partial charge in [0.1, 0.15) is 0 Å². The Morgan fingerprint density at radius 1 is 0.952 bits per heavy atom. The average molecular weight is 279 g/mol. The fraction of sp³-hybridized carbons (Fsp3) is 0.400. The van der Waals surface area contributed by atoms with E-state index in [0.29, 0.717) is 12.0 Å². The molecule has 1 aliphatic rings. The number of hydrogen-bond donors (Lipinski definition) is 1. The number of fused-ring (bicyclic) bond motifs is 3. The average Bonchev–Trinajstić information content (AvgIpc) is 2.90. The van der Waals surface area contributed by atoms with Gasteiger partial charge in [-0.25, -0.2) is 0 Å². The van der Waals surface area contributed by atoms with E-state index in [0.717, 1.165) is 6.42 Å². The highest BCUT2D eigenvalue weighted by molar-refractivity contribution is 5.77. The number of nitrogens with one attached hydrogen (secondary N) is 1. The van der Waals surface area contributed by atoms with Crippen LogP contribution in [0, 0.1) is 5.92 Å².